The Kier molecular flexibility index (Phi) is 7.69. The maximum Gasteiger partial charge on any atom is 0.265 e. The summed E-state index contributed by atoms with van der Waals surface area (Å²) < 4.78 is 38.4. The van der Waals surface area contributed by atoms with Crippen LogP contribution in [0.4, 0.5) is 5.69 Å². The summed E-state index contributed by atoms with van der Waals surface area (Å²) in [6, 6.07) is 9.27. The van der Waals surface area contributed by atoms with E-state index in [0.29, 0.717) is 23.9 Å². The number of amides is 1. The second-order valence-corrected chi connectivity index (χ2v) is 9.85. The van der Waals surface area contributed by atoms with E-state index in [1.54, 1.807) is 25.1 Å². The summed E-state index contributed by atoms with van der Waals surface area (Å²) in [4.78, 5) is 12.8. The van der Waals surface area contributed by atoms with Crippen molar-refractivity contribution in [2.45, 2.75) is 37.2 Å². The van der Waals surface area contributed by atoms with E-state index < -0.39 is 22.0 Å². The lowest BCUT2D eigenvalue weighted by Gasteiger charge is -2.26. The number of carbonyl (C=O) groups is 1. The zero-order valence-electron chi connectivity index (χ0n) is 17.2. The molecule has 3 rings (SSSR count). The Morgan fingerprint density at radius 3 is 2.48 bits per heavy atom. The molecule has 0 bridgehead atoms. The predicted octanol–water partition coefficient (Wildman–Crippen LogP) is 4.58. The number of nitrogens with one attached hydrogen (secondary N) is 1. The third kappa shape index (κ3) is 5.44. The van der Waals surface area contributed by atoms with E-state index in [4.69, 9.17) is 32.7 Å². The summed E-state index contributed by atoms with van der Waals surface area (Å²) in [5.74, 6) is 0.103. The number of sulfonamides is 1. The largest absolute Gasteiger partial charge is 0.495 e. The van der Waals surface area contributed by atoms with Gasteiger partial charge in [-0.1, -0.05) is 35.7 Å². The van der Waals surface area contributed by atoms with Gasteiger partial charge < -0.3 is 14.8 Å². The first kappa shape index (κ1) is 23.7. The molecule has 10 heteroatoms. The van der Waals surface area contributed by atoms with E-state index in [9.17, 15) is 13.2 Å². The summed E-state index contributed by atoms with van der Waals surface area (Å²) in [6.45, 7) is 2.52. The number of methoxy groups -OCH3 is 1. The zero-order chi connectivity index (χ0) is 22.6. The van der Waals surface area contributed by atoms with Crippen molar-refractivity contribution in [3.05, 3.63) is 46.4 Å². The Balaban J connectivity index is 1.80. The van der Waals surface area contributed by atoms with Crippen LogP contribution in [0.15, 0.2) is 41.3 Å². The Bertz CT molecular complexity index is 1060. The van der Waals surface area contributed by atoms with Crippen molar-refractivity contribution in [2.75, 3.05) is 25.5 Å². The molecule has 31 heavy (non-hydrogen) atoms. The molecule has 0 spiro atoms. The monoisotopic (exact) mass is 486 g/mol. The molecule has 7 nitrogen and oxygen atoms in total. The van der Waals surface area contributed by atoms with Crippen LogP contribution in [0, 0.1) is 0 Å². The van der Waals surface area contributed by atoms with Gasteiger partial charge in [0.1, 0.15) is 16.5 Å². The smallest absolute Gasteiger partial charge is 0.265 e. The van der Waals surface area contributed by atoms with Crippen LogP contribution in [0.3, 0.4) is 0 Å². The molecular weight excluding hydrogens is 463 g/mol. The van der Waals surface area contributed by atoms with Crippen LogP contribution in [0.2, 0.25) is 10.0 Å². The molecule has 0 saturated carbocycles. The SMILES string of the molecule is COc1ccc(S(=O)(=O)N2CCCCC2)cc1NC(=O)C(C)Oc1cccc(Cl)c1Cl. The predicted molar refractivity (Wildman–Crippen MR) is 121 cm³/mol. The van der Waals surface area contributed by atoms with Crippen molar-refractivity contribution in [1.82, 2.24) is 4.31 Å². The molecule has 1 fully saturated rings. The maximum absolute atomic E-state index is 13.0. The van der Waals surface area contributed by atoms with Gasteiger partial charge in [0.15, 0.2) is 6.10 Å². The first-order valence-corrected chi connectivity index (χ1v) is 12.0. The van der Waals surface area contributed by atoms with Gasteiger partial charge in [0.05, 0.1) is 22.7 Å². The maximum atomic E-state index is 13.0. The van der Waals surface area contributed by atoms with Crippen LogP contribution in [0.25, 0.3) is 0 Å². The Morgan fingerprint density at radius 2 is 1.81 bits per heavy atom. The second-order valence-electron chi connectivity index (χ2n) is 7.13. The molecule has 1 heterocycles. The fraction of sp³-hybridized carbons (Fsp3) is 0.381. The van der Waals surface area contributed by atoms with Crippen LogP contribution in [0.1, 0.15) is 26.2 Å². The molecule has 0 radical (unpaired) electrons. The standard InChI is InChI=1S/C21H24Cl2N2O5S/c1-14(30-19-8-6-7-16(22)20(19)23)21(26)24-17-13-15(9-10-18(17)29-2)31(27,28)25-11-4-3-5-12-25/h6-10,13-14H,3-5,11-12H2,1-2H3,(H,24,26). The van der Waals surface area contributed by atoms with Gasteiger partial charge in [-0.15, -0.1) is 0 Å². The highest BCUT2D eigenvalue weighted by Gasteiger charge is 2.27. The molecule has 168 valence electrons. The van der Waals surface area contributed by atoms with E-state index in [-0.39, 0.29) is 21.4 Å². The molecule has 1 unspecified atom stereocenters. The summed E-state index contributed by atoms with van der Waals surface area (Å²) in [5.41, 5.74) is 0.234. The van der Waals surface area contributed by atoms with E-state index in [1.165, 1.54) is 29.6 Å². The summed E-state index contributed by atoms with van der Waals surface area (Å²) in [6.07, 6.45) is 1.76. The quantitative estimate of drug-likeness (QED) is 0.618. The lowest BCUT2D eigenvalue weighted by atomic mass is 10.2. The zero-order valence-corrected chi connectivity index (χ0v) is 19.6. The average molecular weight is 487 g/mol. The van der Waals surface area contributed by atoms with Crippen LogP contribution in [-0.2, 0) is 14.8 Å². The molecule has 2 aromatic carbocycles. The van der Waals surface area contributed by atoms with Crippen molar-refractivity contribution in [1.29, 1.82) is 0 Å². The lowest BCUT2D eigenvalue weighted by molar-refractivity contribution is -0.122. The minimum Gasteiger partial charge on any atom is -0.495 e. The normalized spacial score (nSPS) is 15.9. The Morgan fingerprint density at radius 1 is 1.10 bits per heavy atom. The first-order valence-electron chi connectivity index (χ1n) is 9.83. The molecule has 2 aromatic rings. The van der Waals surface area contributed by atoms with Crippen molar-refractivity contribution >= 4 is 44.8 Å². The van der Waals surface area contributed by atoms with Crippen molar-refractivity contribution in [3.63, 3.8) is 0 Å². The Hall–Kier alpha value is -2.00. The van der Waals surface area contributed by atoms with Crippen LogP contribution < -0.4 is 14.8 Å². The number of rotatable bonds is 7. The number of ether oxygens (including phenoxy) is 2. The minimum absolute atomic E-state index is 0.0944. The summed E-state index contributed by atoms with van der Waals surface area (Å²) in [7, 11) is -2.22. The number of nitrogens with zero attached hydrogens (tertiary/aromatic N) is 1. The van der Waals surface area contributed by atoms with Gasteiger partial charge in [-0.25, -0.2) is 8.42 Å². The van der Waals surface area contributed by atoms with Gasteiger partial charge in [0, 0.05) is 13.1 Å². The molecule has 1 aliphatic rings. The highest BCUT2D eigenvalue weighted by Crippen LogP contribution is 2.33. The van der Waals surface area contributed by atoms with E-state index in [1.807, 2.05) is 0 Å². The van der Waals surface area contributed by atoms with Crippen LogP contribution in [-0.4, -0.2) is 44.9 Å². The number of piperidine rings is 1. The summed E-state index contributed by atoms with van der Waals surface area (Å²) in [5, 5.41) is 3.20. The molecule has 0 aromatic heterocycles. The lowest BCUT2D eigenvalue weighted by Crippen LogP contribution is -2.35. The van der Waals surface area contributed by atoms with Crippen molar-refractivity contribution in [2.24, 2.45) is 0 Å². The fourth-order valence-electron chi connectivity index (χ4n) is 3.25. The number of anilines is 1. The van der Waals surface area contributed by atoms with Crippen molar-refractivity contribution in [3.8, 4) is 11.5 Å². The molecule has 1 atom stereocenters. The van der Waals surface area contributed by atoms with Gasteiger partial charge in [-0.2, -0.15) is 4.31 Å². The minimum atomic E-state index is -3.66. The highest BCUT2D eigenvalue weighted by molar-refractivity contribution is 7.89. The van der Waals surface area contributed by atoms with Gasteiger partial charge in [-0.05, 0) is 50.1 Å². The fourth-order valence-corrected chi connectivity index (χ4v) is 5.13. The number of carbonyl (C=O) groups excluding carboxylic acids is 1. The molecule has 1 aliphatic heterocycles. The van der Waals surface area contributed by atoms with Gasteiger partial charge in [-0.3, -0.25) is 4.79 Å². The van der Waals surface area contributed by atoms with Gasteiger partial charge in [0.25, 0.3) is 5.91 Å². The average Bonchev–Trinajstić information content (AvgIpc) is 2.77. The molecular formula is C21H24Cl2N2O5S. The van der Waals surface area contributed by atoms with Crippen molar-refractivity contribution < 1.29 is 22.7 Å². The van der Waals surface area contributed by atoms with E-state index in [0.717, 1.165) is 19.3 Å². The molecule has 1 N–H and O–H groups in total. The number of benzene rings is 2. The second kappa shape index (κ2) is 10.1. The van der Waals surface area contributed by atoms with Gasteiger partial charge >= 0.3 is 0 Å². The third-order valence-corrected chi connectivity index (χ3v) is 7.67. The van der Waals surface area contributed by atoms with E-state index >= 15 is 0 Å². The third-order valence-electron chi connectivity index (χ3n) is 4.97. The Labute approximate surface area is 192 Å². The molecule has 0 aliphatic carbocycles. The topological polar surface area (TPSA) is 84.9 Å². The number of hydrogen-bond donors (Lipinski definition) is 1. The van der Waals surface area contributed by atoms with E-state index in [2.05, 4.69) is 5.32 Å². The van der Waals surface area contributed by atoms with Crippen LogP contribution in [0.5, 0.6) is 11.5 Å². The summed E-state index contributed by atoms with van der Waals surface area (Å²) >= 11 is 12.1. The number of hydrogen-bond acceptors (Lipinski definition) is 5. The molecule has 1 saturated heterocycles. The number of halogens is 2. The highest BCUT2D eigenvalue weighted by atomic mass is 35.5. The first-order chi connectivity index (χ1) is 14.7. The molecule has 1 amide bonds. The van der Waals surface area contributed by atoms with Crippen LogP contribution >= 0.6 is 23.2 Å². The van der Waals surface area contributed by atoms with Gasteiger partial charge in [0.2, 0.25) is 10.0 Å².